The lowest BCUT2D eigenvalue weighted by molar-refractivity contribution is -0.120. The van der Waals surface area contributed by atoms with E-state index in [4.69, 9.17) is 0 Å². The maximum Gasteiger partial charge on any atom is 0.307 e. The van der Waals surface area contributed by atoms with Crippen molar-refractivity contribution in [2.75, 3.05) is 19.6 Å². The molecule has 1 saturated heterocycles. The molecule has 1 atom stereocenters. The number of piperazine rings is 1. The third-order valence-electron chi connectivity index (χ3n) is 2.46. The fourth-order valence-corrected chi connectivity index (χ4v) is 2.37. The lowest BCUT2D eigenvalue weighted by Gasteiger charge is -2.22. The highest BCUT2D eigenvalue weighted by Gasteiger charge is 2.22. The molecule has 1 aromatic rings. The molecule has 0 aliphatic carbocycles. The quantitative estimate of drug-likeness (QED) is 0.536. The normalized spacial score (nSPS) is 20.9. The summed E-state index contributed by atoms with van der Waals surface area (Å²) in [5, 5.41) is 15.5. The zero-order valence-electron chi connectivity index (χ0n) is 8.58. The number of aromatic nitrogens is 1. The summed E-state index contributed by atoms with van der Waals surface area (Å²) < 4.78 is 0. The van der Waals surface area contributed by atoms with E-state index in [0.29, 0.717) is 11.4 Å². The van der Waals surface area contributed by atoms with E-state index in [9.17, 15) is 14.7 Å². The molecule has 1 aliphatic heterocycles. The Labute approximate surface area is 95.7 Å². The third kappa shape index (κ3) is 2.49. The Morgan fingerprint density at radius 2 is 2.31 bits per heavy atom. The molecule has 6 nitrogen and oxygen atoms in total. The van der Waals surface area contributed by atoms with Gasteiger partial charge in [-0.15, -0.1) is 0 Å². The summed E-state index contributed by atoms with van der Waals surface area (Å²) in [6.07, 6.45) is 0.0919. The van der Waals surface area contributed by atoms with Crippen molar-refractivity contribution in [2.24, 2.45) is 0 Å². The van der Waals surface area contributed by atoms with E-state index in [1.807, 2.05) is 0 Å². The van der Waals surface area contributed by atoms with Gasteiger partial charge >= 0.3 is 4.87 Å². The third-order valence-corrected chi connectivity index (χ3v) is 3.34. The molecular weight excluding hydrogens is 230 g/mol. The van der Waals surface area contributed by atoms with Crippen LogP contribution in [0.2, 0.25) is 0 Å². The zero-order chi connectivity index (χ0) is 11.5. The number of ketones is 1. The second-order valence-electron chi connectivity index (χ2n) is 3.64. The summed E-state index contributed by atoms with van der Waals surface area (Å²) in [6, 6.07) is -0.231. The van der Waals surface area contributed by atoms with Crippen LogP contribution in [0, 0.1) is 0 Å². The number of thiazole rings is 1. The number of rotatable bonds is 3. The van der Waals surface area contributed by atoms with Gasteiger partial charge in [0, 0.05) is 26.1 Å². The largest absolute Gasteiger partial charge is 0.494 e. The lowest BCUT2D eigenvalue weighted by atomic mass is 10.1. The molecule has 2 heterocycles. The molecule has 4 N–H and O–H groups in total. The highest BCUT2D eigenvalue weighted by molar-refractivity contribution is 7.09. The van der Waals surface area contributed by atoms with Gasteiger partial charge in [-0.05, 0) is 0 Å². The zero-order valence-corrected chi connectivity index (χ0v) is 9.39. The Balaban J connectivity index is 2.01. The van der Waals surface area contributed by atoms with Crippen molar-refractivity contribution in [2.45, 2.75) is 12.5 Å². The summed E-state index contributed by atoms with van der Waals surface area (Å²) in [5.41, 5.74) is 0. The van der Waals surface area contributed by atoms with Gasteiger partial charge in [0.15, 0.2) is 5.78 Å². The molecule has 88 valence electrons. The topological polar surface area (TPSA) is 94.2 Å². The molecular formula is C9H13N3O3S. The number of nitrogens with one attached hydrogen (secondary N) is 3. The minimum atomic E-state index is -0.338. The lowest BCUT2D eigenvalue weighted by Crippen LogP contribution is -2.52. The Hall–Kier alpha value is -1.18. The average Bonchev–Trinajstić information content (AvgIpc) is 2.59. The Morgan fingerprint density at radius 3 is 2.88 bits per heavy atom. The molecule has 16 heavy (non-hydrogen) atoms. The number of aromatic amines is 1. The van der Waals surface area contributed by atoms with Crippen LogP contribution in [0.25, 0.3) is 0 Å². The van der Waals surface area contributed by atoms with E-state index >= 15 is 0 Å². The van der Waals surface area contributed by atoms with Gasteiger partial charge in [-0.2, -0.15) is 0 Å². The first-order valence-corrected chi connectivity index (χ1v) is 5.86. The van der Waals surface area contributed by atoms with Gasteiger partial charge in [0.05, 0.1) is 10.9 Å². The molecule has 7 heteroatoms. The van der Waals surface area contributed by atoms with Gasteiger partial charge in [0.25, 0.3) is 0 Å². The van der Waals surface area contributed by atoms with Crippen molar-refractivity contribution in [1.29, 1.82) is 0 Å². The Bertz CT molecular complexity index is 433. The van der Waals surface area contributed by atoms with E-state index in [2.05, 4.69) is 15.6 Å². The van der Waals surface area contributed by atoms with Crippen LogP contribution in [-0.2, 0) is 11.2 Å². The van der Waals surface area contributed by atoms with Crippen LogP contribution in [0.4, 0.5) is 0 Å². The molecule has 1 fully saturated rings. The highest BCUT2D eigenvalue weighted by atomic mass is 32.1. The van der Waals surface area contributed by atoms with Gasteiger partial charge in [0.2, 0.25) is 5.88 Å². The van der Waals surface area contributed by atoms with Gasteiger partial charge in [-0.1, -0.05) is 11.3 Å². The summed E-state index contributed by atoms with van der Waals surface area (Å²) in [4.78, 5) is 25.1. The van der Waals surface area contributed by atoms with Crippen molar-refractivity contribution >= 4 is 17.1 Å². The SMILES string of the molecule is O=C(Cc1sc(=O)[nH]c1O)C1CNCCN1. The summed E-state index contributed by atoms with van der Waals surface area (Å²) >= 11 is 0.877. The number of aromatic hydroxyl groups is 1. The number of Topliss-reactive ketones (excluding diaryl/α,β-unsaturated/α-hetero) is 1. The number of hydrogen-bond donors (Lipinski definition) is 4. The molecule has 1 unspecified atom stereocenters. The van der Waals surface area contributed by atoms with Gasteiger partial charge in [0.1, 0.15) is 0 Å². The van der Waals surface area contributed by atoms with Crippen LogP contribution in [0.3, 0.4) is 0 Å². The van der Waals surface area contributed by atoms with Gasteiger partial charge in [-0.25, -0.2) is 0 Å². The number of H-pyrrole nitrogens is 1. The second kappa shape index (κ2) is 4.77. The molecule has 0 amide bonds. The van der Waals surface area contributed by atoms with Crippen molar-refractivity contribution in [3.05, 3.63) is 14.5 Å². The number of carbonyl (C=O) groups is 1. The van der Waals surface area contributed by atoms with Crippen molar-refractivity contribution in [1.82, 2.24) is 15.6 Å². The van der Waals surface area contributed by atoms with Crippen molar-refractivity contribution in [3.63, 3.8) is 0 Å². The molecule has 0 radical (unpaired) electrons. The van der Waals surface area contributed by atoms with E-state index in [1.54, 1.807) is 0 Å². The van der Waals surface area contributed by atoms with Crippen LogP contribution in [-0.4, -0.2) is 41.5 Å². The van der Waals surface area contributed by atoms with Gasteiger partial charge in [-0.3, -0.25) is 14.6 Å². The minimum absolute atomic E-state index is 0.0160. The van der Waals surface area contributed by atoms with Crippen LogP contribution in [0.15, 0.2) is 4.79 Å². The van der Waals surface area contributed by atoms with Crippen LogP contribution >= 0.6 is 11.3 Å². The fraction of sp³-hybridized carbons (Fsp3) is 0.556. The molecule has 1 aliphatic rings. The van der Waals surface area contributed by atoms with E-state index in [0.717, 1.165) is 24.4 Å². The number of hydrogen-bond acceptors (Lipinski definition) is 6. The van der Waals surface area contributed by atoms with Crippen LogP contribution < -0.4 is 15.5 Å². The highest BCUT2D eigenvalue weighted by Crippen LogP contribution is 2.17. The number of carbonyl (C=O) groups excluding carboxylic acids is 1. The first kappa shape index (κ1) is 11.3. The minimum Gasteiger partial charge on any atom is -0.494 e. The standard InChI is InChI=1S/C9H13N3O3S/c13-6(5-4-10-1-2-11-5)3-7-8(14)12-9(15)16-7/h5,10-11,14H,1-4H2,(H,12,15). The van der Waals surface area contributed by atoms with Crippen molar-refractivity contribution in [3.8, 4) is 5.88 Å². The molecule has 0 saturated carbocycles. The molecule has 0 spiro atoms. The molecule has 2 rings (SSSR count). The average molecular weight is 243 g/mol. The maximum atomic E-state index is 11.8. The predicted octanol–water partition coefficient (Wildman–Crippen LogP) is -1.18. The summed E-state index contributed by atoms with van der Waals surface area (Å²) in [7, 11) is 0. The van der Waals surface area contributed by atoms with E-state index in [1.165, 1.54) is 0 Å². The second-order valence-corrected chi connectivity index (χ2v) is 4.71. The first-order chi connectivity index (χ1) is 7.66. The predicted molar refractivity (Wildman–Crippen MR) is 60.0 cm³/mol. The summed E-state index contributed by atoms with van der Waals surface area (Å²) in [5.74, 6) is -0.204. The Kier molecular flexibility index (Phi) is 3.37. The van der Waals surface area contributed by atoms with Crippen LogP contribution in [0.5, 0.6) is 5.88 Å². The van der Waals surface area contributed by atoms with E-state index < -0.39 is 0 Å². The first-order valence-electron chi connectivity index (χ1n) is 5.04. The maximum absolute atomic E-state index is 11.8. The fourth-order valence-electron chi connectivity index (χ4n) is 1.63. The van der Waals surface area contributed by atoms with E-state index in [-0.39, 0.29) is 29.0 Å². The van der Waals surface area contributed by atoms with Gasteiger partial charge < -0.3 is 15.7 Å². The van der Waals surface area contributed by atoms with Crippen molar-refractivity contribution < 1.29 is 9.90 Å². The molecule has 0 bridgehead atoms. The summed E-state index contributed by atoms with van der Waals surface area (Å²) in [6.45, 7) is 2.21. The monoisotopic (exact) mass is 243 g/mol. The molecule has 1 aromatic heterocycles. The van der Waals surface area contributed by atoms with Crippen LogP contribution in [0.1, 0.15) is 4.88 Å². The Morgan fingerprint density at radius 1 is 1.50 bits per heavy atom. The smallest absolute Gasteiger partial charge is 0.307 e. The molecule has 0 aromatic carbocycles.